The van der Waals surface area contributed by atoms with Crippen LogP contribution in [0.1, 0.15) is 49.7 Å². The SMILES string of the molecule is NC(=O)C(C1CCC(F)(F)CC1)C(CCC(F)(F)F)C(=O)N[C@H]1N=C(c2ccccc2)c2cccc(Cl)c2NC1=O. The van der Waals surface area contributed by atoms with E-state index in [0.29, 0.717) is 11.1 Å². The number of para-hydroxylation sites is 1. The third-order valence-corrected chi connectivity index (χ3v) is 7.77. The van der Waals surface area contributed by atoms with Crippen molar-refractivity contribution in [3.8, 4) is 0 Å². The molecule has 13 heteroatoms. The molecule has 41 heavy (non-hydrogen) atoms. The van der Waals surface area contributed by atoms with Crippen LogP contribution in [0.5, 0.6) is 0 Å². The number of nitrogens with two attached hydrogens (primary N) is 1. The monoisotopic (exact) mass is 598 g/mol. The summed E-state index contributed by atoms with van der Waals surface area (Å²) in [5.41, 5.74) is 7.08. The standard InChI is InChI=1S/C28H28ClF5N4O3/c29-19-8-4-7-18-21(16-5-2-1-3-6-16)36-24(26(41)37-22(18)19)38-25(40)17(11-14-28(32,33)34)20(23(35)39)15-9-12-27(30,31)13-10-15/h1-8,15,17,20,24H,9-14H2,(H2,35,39)(H,37,41)(H,38,40)/t17?,20?,24-/m1/s1. The molecular formula is C28H28ClF5N4O3. The fraction of sp³-hybridized carbons (Fsp3) is 0.429. The summed E-state index contributed by atoms with van der Waals surface area (Å²) in [6.45, 7) is 0. The molecule has 1 aliphatic carbocycles. The van der Waals surface area contributed by atoms with Crippen LogP contribution < -0.4 is 16.4 Å². The summed E-state index contributed by atoms with van der Waals surface area (Å²) in [5.74, 6) is -9.84. The molecule has 2 aromatic carbocycles. The van der Waals surface area contributed by atoms with Crippen LogP contribution >= 0.6 is 11.6 Å². The van der Waals surface area contributed by atoms with Crippen molar-refractivity contribution in [2.24, 2.45) is 28.5 Å². The quantitative estimate of drug-likeness (QED) is 0.351. The fourth-order valence-electron chi connectivity index (χ4n) is 5.44. The molecule has 3 atom stereocenters. The number of fused-ring (bicyclic) bond motifs is 1. The van der Waals surface area contributed by atoms with E-state index in [1.54, 1.807) is 48.5 Å². The highest BCUT2D eigenvalue weighted by molar-refractivity contribution is 6.36. The third-order valence-electron chi connectivity index (χ3n) is 7.46. The number of carbonyl (C=O) groups excluding carboxylic acids is 3. The van der Waals surface area contributed by atoms with Crippen LogP contribution in [0.15, 0.2) is 53.5 Å². The third kappa shape index (κ3) is 7.41. The molecule has 0 spiro atoms. The minimum absolute atomic E-state index is 0.190. The van der Waals surface area contributed by atoms with E-state index in [2.05, 4.69) is 15.6 Å². The van der Waals surface area contributed by atoms with Crippen LogP contribution in [0, 0.1) is 17.8 Å². The Morgan fingerprint density at radius 2 is 1.76 bits per heavy atom. The maximum Gasteiger partial charge on any atom is 0.389 e. The topological polar surface area (TPSA) is 114 Å². The van der Waals surface area contributed by atoms with Gasteiger partial charge in [-0.25, -0.2) is 13.8 Å². The van der Waals surface area contributed by atoms with Gasteiger partial charge in [0.1, 0.15) is 0 Å². The van der Waals surface area contributed by atoms with Crippen molar-refractivity contribution in [3.63, 3.8) is 0 Å². The average Bonchev–Trinajstić information content (AvgIpc) is 3.04. The highest BCUT2D eigenvalue weighted by Gasteiger charge is 2.45. The first-order chi connectivity index (χ1) is 19.3. The lowest BCUT2D eigenvalue weighted by Crippen LogP contribution is -2.50. The first kappa shape index (κ1) is 30.4. The van der Waals surface area contributed by atoms with Crippen molar-refractivity contribution < 1.29 is 36.3 Å². The van der Waals surface area contributed by atoms with Gasteiger partial charge in [0.15, 0.2) is 0 Å². The van der Waals surface area contributed by atoms with Gasteiger partial charge in [-0.3, -0.25) is 14.4 Å². The molecule has 4 N–H and O–H groups in total. The Hall–Kier alpha value is -3.54. The molecule has 220 valence electrons. The van der Waals surface area contributed by atoms with E-state index >= 15 is 0 Å². The largest absolute Gasteiger partial charge is 0.389 e. The van der Waals surface area contributed by atoms with Crippen LogP contribution in [0.2, 0.25) is 5.02 Å². The Labute approximate surface area is 237 Å². The van der Waals surface area contributed by atoms with Gasteiger partial charge in [0.2, 0.25) is 23.9 Å². The zero-order valence-corrected chi connectivity index (χ0v) is 22.4. The number of anilines is 1. The van der Waals surface area contributed by atoms with Crippen LogP contribution in [0.25, 0.3) is 0 Å². The number of hydrogen-bond donors (Lipinski definition) is 3. The lowest BCUT2D eigenvalue weighted by molar-refractivity contribution is -0.149. The molecule has 1 aliphatic heterocycles. The van der Waals surface area contributed by atoms with Gasteiger partial charge in [-0.05, 0) is 31.2 Å². The molecule has 4 rings (SSSR count). The number of amides is 3. The summed E-state index contributed by atoms with van der Waals surface area (Å²) in [4.78, 5) is 43.8. The summed E-state index contributed by atoms with van der Waals surface area (Å²) in [7, 11) is 0. The predicted octanol–water partition coefficient (Wildman–Crippen LogP) is 5.46. The molecule has 1 fully saturated rings. The number of primary amides is 1. The second-order valence-electron chi connectivity index (χ2n) is 10.3. The number of benzodiazepines with no additional fused rings is 1. The smallest absolute Gasteiger partial charge is 0.369 e. The summed E-state index contributed by atoms with van der Waals surface area (Å²) < 4.78 is 67.3. The summed E-state index contributed by atoms with van der Waals surface area (Å²) in [6, 6.07) is 13.5. The van der Waals surface area contributed by atoms with Gasteiger partial charge in [0.05, 0.1) is 28.3 Å². The van der Waals surface area contributed by atoms with Gasteiger partial charge < -0.3 is 16.4 Å². The lowest BCUT2D eigenvalue weighted by atomic mass is 9.71. The first-order valence-electron chi connectivity index (χ1n) is 13.0. The molecule has 1 saturated carbocycles. The Kier molecular flexibility index (Phi) is 9.00. The van der Waals surface area contributed by atoms with Gasteiger partial charge in [-0.15, -0.1) is 0 Å². The number of benzene rings is 2. The number of hydrogen-bond acceptors (Lipinski definition) is 4. The minimum atomic E-state index is -4.67. The number of nitrogens with one attached hydrogen (secondary N) is 2. The molecule has 0 saturated heterocycles. The minimum Gasteiger partial charge on any atom is -0.369 e. The molecule has 2 aliphatic rings. The van der Waals surface area contributed by atoms with E-state index in [4.69, 9.17) is 17.3 Å². The Bertz CT molecular complexity index is 1330. The molecule has 7 nitrogen and oxygen atoms in total. The molecule has 2 aromatic rings. The molecular weight excluding hydrogens is 571 g/mol. The maximum absolute atomic E-state index is 13.8. The Morgan fingerprint density at radius 3 is 2.37 bits per heavy atom. The average molecular weight is 599 g/mol. The van der Waals surface area contributed by atoms with E-state index in [1.165, 1.54) is 0 Å². The van der Waals surface area contributed by atoms with Crippen LogP contribution in [0.4, 0.5) is 27.6 Å². The van der Waals surface area contributed by atoms with Gasteiger partial charge in [-0.2, -0.15) is 13.2 Å². The molecule has 0 aromatic heterocycles. The number of carbonyl (C=O) groups is 3. The summed E-state index contributed by atoms with van der Waals surface area (Å²) in [6.07, 6.45) is -10.1. The van der Waals surface area contributed by atoms with Crippen LogP contribution in [0.3, 0.4) is 0 Å². The zero-order chi connectivity index (χ0) is 29.9. The Balaban J connectivity index is 1.69. The first-order valence-corrected chi connectivity index (χ1v) is 13.4. The fourth-order valence-corrected chi connectivity index (χ4v) is 5.66. The number of aliphatic imine (C=N–C) groups is 1. The number of alkyl halides is 5. The zero-order valence-electron chi connectivity index (χ0n) is 21.7. The number of nitrogens with zero attached hydrogens (tertiary/aromatic N) is 1. The van der Waals surface area contributed by atoms with Crippen LogP contribution in [-0.2, 0) is 14.4 Å². The van der Waals surface area contributed by atoms with Gasteiger partial charge in [-0.1, -0.05) is 54.1 Å². The highest BCUT2D eigenvalue weighted by atomic mass is 35.5. The highest BCUT2D eigenvalue weighted by Crippen LogP contribution is 2.43. The van der Waals surface area contributed by atoms with Crippen molar-refractivity contribution in [1.82, 2.24) is 5.32 Å². The Morgan fingerprint density at radius 1 is 1.10 bits per heavy atom. The summed E-state index contributed by atoms with van der Waals surface area (Å²) in [5, 5.41) is 5.19. The molecule has 3 amide bonds. The van der Waals surface area contributed by atoms with Crippen molar-refractivity contribution in [3.05, 3.63) is 64.7 Å². The van der Waals surface area contributed by atoms with Gasteiger partial charge in [0.25, 0.3) is 5.91 Å². The molecule has 0 bridgehead atoms. The second-order valence-corrected chi connectivity index (χ2v) is 10.7. The summed E-state index contributed by atoms with van der Waals surface area (Å²) >= 11 is 6.33. The maximum atomic E-state index is 13.8. The van der Waals surface area contributed by atoms with Crippen molar-refractivity contribution >= 4 is 40.7 Å². The molecule has 1 heterocycles. The second kappa shape index (κ2) is 12.1. The van der Waals surface area contributed by atoms with E-state index in [-0.39, 0.29) is 29.3 Å². The number of rotatable bonds is 8. The van der Waals surface area contributed by atoms with Gasteiger partial charge in [0, 0.05) is 30.4 Å². The lowest BCUT2D eigenvalue weighted by Gasteiger charge is -2.36. The van der Waals surface area contributed by atoms with E-state index in [1.807, 2.05) is 0 Å². The van der Waals surface area contributed by atoms with E-state index in [0.717, 1.165) is 0 Å². The van der Waals surface area contributed by atoms with Crippen molar-refractivity contribution in [2.45, 2.75) is 56.8 Å². The number of halogens is 6. The molecule has 0 radical (unpaired) electrons. The van der Waals surface area contributed by atoms with E-state index in [9.17, 15) is 36.3 Å². The van der Waals surface area contributed by atoms with Crippen molar-refractivity contribution in [1.29, 1.82) is 0 Å². The van der Waals surface area contributed by atoms with Crippen molar-refractivity contribution in [2.75, 3.05) is 5.32 Å². The van der Waals surface area contributed by atoms with Crippen LogP contribution in [-0.4, -0.2) is 41.7 Å². The normalized spacial score (nSPS) is 20.6. The predicted molar refractivity (Wildman–Crippen MR) is 142 cm³/mol. The molecule has 2 unspecified atom stereocenters. The van der Waals surface area contributed by atoms with E-state index < -0.39 is 79.4 Å². The van der Waals surface area contributed by atoms with Gasteiger partial charge >= 0.3 is 6.18 Å².